The normalized spacial score (nSPS) is 14.9. The molecule has 27 heavy (non-hydrogen) atoms. The number of aryl methyl sites for hydroxylation is 2. The van der Waals surface area contributed by atoms with Crippen LogP contribution in [0.2, 0.25) is 5.02 Å². The van der Waals surface area contributed by atoms with Gasteiger partial charge in [-0.3, -0.25) is 9.69 Å². The predicted octanol–water partition coefficient (Wildman–Crippen LogP) is 2.25. The molecule has 1 saturated heterocycles. The van der Waals surface area contributed by atoms with Gasteiger partial charge in [-0.2, -0.15) is 5.10 Å². The highest BCUT2D eigenvalue weighted by atomic mass is 35.5. The van der Waals surface area contributed by atoms with E-state index in [2.05, 4.69) is 15.3 Å². The number of nitrogens with one attached hydrogen (secondary N) is 1. The molecule has 1 N–H and O–H groups in total. The quantitative estimate of drug-likeness (QED) is 0.782. The number of hydrogen-bond acceptors (Lipinski definition) is 5. The van der Waals surface area contributed by atoms with Crippen LogP contribution in [0.5, 0.6) is 5.75 Å². The first-order chi connectivity index (χ1) is 13.0. The van der Waals surface area contributed by atoms with E-state index in [0.717, 1.165) is 54.7 Å². The lowest BCUT2D eigenvalue weighted by Crippen LogP contribution is -2.41. The van der Waals surface area contributed by atoms with E-state index in [1.807, 2.05) is 26.0 Å². The number of rotatable bonds is 7. The Balaban J connectivity index is 1.46. The van der Waals surface area contributed by atoms with Crippen molar-refractivity contribution in [3.05, 3.63) is 46.2 Å². The van der Waals surface area contributed by atoms with Crippen molar-refractivity contribution in [1.29, 1.82) is 0 Å². The van der Waals surface area contributed by atoms with Crippen LogP contribution in [-0.4, -0.2) is 60.0 Å². The topological polar surface area (TPSA) is 68.6 Å². The second-order valence-electron chi connectivity index (χ2n) is 6.59. The van der Waals surface area contributed by atoms with E-state index in [1.165, 1.54) is 0 Å². The van der Waals surface area contributed by atoms with E-state index in [9.17, 15) is 4.79 Å². The fourth-order valence-corrected chi connectivity index (χ4v) is 3.04. The van der Waals surface area contributed by atoms with Crippen molar-refractivity contribution >= 4 is 17.5 Å². The maximum absolute atomic E-state index is 12.2. The largest absolute Gasteiger partial charge is 0.471 e. The Labute approximate surface area is 164 Å². The van der Waals surface area contributed by atoms with Gasteiger partial charge in [-0.05, 0) is 43.2 Å². The zero-order chi connectivity index (χ0) is 19.2. The van der Waals surface area contributed by atoms with E-state index in [0.29, 0.717) is 12.2 Å². The molecule has 0 unspecified atom stereocenters. The molecule has 0 saturated carbocycles. The Morgan fingerprint density at radius 1 is 1.30 bits per heavy atom. The van der Waals surface area contributed by atoms with Crippen molar-refractivity contribution in [3.63, 3.8) is 0 Å². The number of ether oxygens (including phenoxy) is 2. The summed E-state index contributed by atoms with van der Waals surface area (Å²) in [5, 5.41) is 7.92. The van der Waals surface area contributed by atoms with Crippen LogP contribution >= 0.6 is 11.6 Å². The minimum absolute atomic E-state index is 0.180. The standard InChI is InChI=1S/C19H25ClN4O3/c1-14-11-16(12-15(2)18(14)20)27-13-24-5-3-17(22-24)19(25)21-4-6-23-7-9-26-10-8-23/h3,5,11-12H,4,6-10,13H2,1-2H3,(H,21,25). The number of nitrogens with zero attached hydrogens (tertiary/aromatic N) is 3. The Kier molecular flexibility index (Phi) is 6.71. The van der Waals surface area contributed by atoms with Crippen molar-refractivity contribution in [1.82, 2.24) is 20.0 Å². The molecular weight excluding hydrogens is 368 g/mol. The van der Waals surface area contributed by atoms with Crippen molar-refractivity contribution in [2.75, 3.05) is 39.4 Å². The van der Waals surface area contributed by atoms with Gasteiger partial charge < -0.3 is 14.8 Å². The number of hydrogen-bond donors (Lipinski definition) is 1. The lowest BCUT2D eigenvalue weighted by molar-refractivity contribution is 0.0383. The van der Waals surface area contributed by atoms with E-state index >= 15 is 0 Å². The maximum Gasteiger partial charge on any atom is 0.271 e. The molecule has 1 aliphatic heterocycles. The smallest absolute Gasteiger partial charge is 0.271 e. The summed E-state index contributed by atoms with van der Waals surface area (Å²) in [4.78, 5) is 14.5. The molecule has 1 aliphatic rings. The van der Waals surface area contributed by atoms with Gasteiger partial charge in [0.1, 0.15) is 11.4 Å². The Morgan fingerprint density at radius 3 is 2.70 bits per heavy atom. The summed E-state index contributed by atoms with van der Waals surface area (Å²) in [5.74, 6) is 0.543. The predicted molar refractivity (Wildman–Crippen MR) is 103 cm³/mol. The van der Waals surface area contributed by atoms with Crippen LogP contribution < -0.4 is 10.1 Å². The molecule has 7 nitrogen and oxygen atoms in total. The Bertz CT molecular complexity index is 764. The minimum Gasteiger partial charge on any atom is -0.471 e. The third-order valence-electron chi connectivity index (χ3n) is 4.46. The van der Waals surface area contributed by atoms with Gasteiger partial charge in [0.15, 0.2) is 6.73 Å². The van der Waals surface area contributed by atoms with Crippen LogP contribution in [0.25, 0.3) is 0 Å². The SMILES string of the molecule is Cc1cc(OCn2ccc(C(=O)NCCN3CCOCC3)n2)cc(C)c1Cl. The lowest BCUT2D eigenvalue weighted by atomic mass is 10.1. The first-order valence-electron chi connectivity index (χ1n) is 9.04. The van der Waals surface area contributed by atoms with Crippen molar-refractivity contribution < 1.29 is 14.3 Å². The summed E-state index contributed by atoms with van der Waals surface area (Å²) in [6.07, 6.45) is 1.73. The van der Waals surface area contributed by atoms with Gasteiger partial charge >= 0.3 is 0 Å². The monoisotopic (exact) mass is 392 g/mol. The summed E-state index contributed by atoms with van der Waals surface area (Å²) in [6, 6.07) is 5.46. The molecule has 8 heteroatoms. The molecule has 2 aromatic rings. The molecule has 3 rings (SSSR count). The van der Waals surface area contributed by atoms with Crippen LogP contribution in [-0.2, 0) is 11.5 Å². The molecule has 1 amide bonds. The number of carbonyl (C=O) groups is 1. The van der Waals surface area contributed by atoms with Crippen LogP contribution in [0.4, 0.5) is 0 Å². The number of benzene rings is 1. The van der Waals surface area contributed by atoms with Crippen LogP contribution in [0.1, 0.15) is 21.6 Å². The van der Waals surface area contributed by atoms with Gasteiger partial charge in [0, 0.05) is 37.4 Å². The van der Waals surface area contributed by atoms with Crippen LogP contribution in [0, 0.1) is 13.8 Å². The number of carbonyl (C=O) groups excluding carboxylic acids is 1. The average molecular weight is 393 g/mol. The molecular formula is C19H25ClN4O3. The van der Waals surface area contributed by atoms with E-state index in [-0.39, 0.29) is 12.6 Å². The molecule has 2 heterocycles. The third kappa shape index (κ3) is 5.45. The molecule has 1 aromatic carbocycles. The molecule has 0 atom stereocenters. The second-order valence-corrected chi connectivity index (χ2v) is 6.97. The van der Waals surface area contributed by atoms with E-state index in [1.54, 1.807) is 16.9 Å². The summed E-state index contributed by atoms with van der Waals surface area (Å²) >= 11 is 6.17. The summed E-state index contributed by atoms with van der Waals surface area (Å²) in [6.45, 7) is 8.83. The highest BCUT2D eigenvalue weighted by molar-refractivity contribution is 6.32. The molecule has 1 fully saturated rings. The maximum atomic E-state index is 12.2. The van der Waals surface area contributed by atoms with Crippen molar-refractivity contribution in [3.8, 4) is 5.75 Å². The average Bonchev–Trinajstić information content (AvgIpc) is 3.14. The fourth-order valence-electron chi connectivity index (χ4n) is 2.93. The number of halogens is 1. The van der Waals surface area contributed by atoms with Crippen LogP contribution in [0.15, 0.2) is 24.4 Å². The Morgan fingerprint density at radius 2 is 2.00 bits per heavy atom. The molecule has 0 bridgehead atoms. The van der Waals surface area contributed by atoms with Gasteiger partial charge in [-0.25, -0.2) is 4.68 Å². The highest BCUT2D eigenvalue weighted by Gasteiger charge is 2.12. The number of morpholine rings is 1. The third-order valence-corrected chi connectivity index (χ3v) is 5.06. The summed E-state index contributed by atoms with van der Waals surface area (Å²) in [7, 11) is 0. The fraction of sp³-hybridized carbons (Fsp3) is 0.474. The number of aromatic nitrogens is 2. The van der Waals surface area contributed by atoms with Crippen molar-refractivity contribution in [2.24, 2.45) is 0 Å². The minimum atomic E-state index is -0.180. The molecule has 0 radical (unpaired) electrons. The zero-order valence-electron chi connectivity index (χ0n) is 15.7. The zero-order valence-corrected chi connectivity index (χ0v) is 16.5. The van der Waals surface area contributed by atoms with Gasteiger partial charge in [0.2, 0.25) is 0 Å². The van der Waals surface area contributed by atoms with Gasteiger partial charge in [0.05, 0.1) is 13.2 Å². The molecule has 0 spiro atoms. The molecule has 146 valence electrons. The summed E-state index contributed by atoms with van der Waals surface area (Å²) in [5.41, 5.74) is 2.31. The molecule has 1 aromatic heterocycles. The van der Waals surface area contributed by atoms with Gasteiger partial charge in [0.25, 0.3) is 5.91 Å². The van der Waals surface area contributed by atoms with Crippen molar-refractivity contribution in [2.45, 2.75) is 20.6 Å². The Hall–Kier alpha value is -2.09. The lowest BCUT2D eigenvalue weighted by Gasteiger charge is -2.26. The first kappa shape index (κ1) is 19.7. The van der Waals surface area contributed by atoms with Gasteiger partial charge in [-0.1, -0.05) is 11.6 Å². The first-order valence-corrected chi connectivity index (χ1v) is 9.42. The summed E-state index contributed by atoms with van der Waals surface area (Å²) < 4.78 is 12.7. The van der Waals surface area contributed by atoms with Gasteiger partial charge in [-0.15, -0.1) is 0 Å². The molecule has 0 aliphatic carbocycles. The van der Waals surface area contributed by atoms with E-state index in [4.69, 9.17) is 21.1 Å². The van der Waals surface area contributed by atoms with Crippen LogP contribution in [0.3, 0.4) is 0 Å². The second kappa shape index (κ2) is 9.21. The highest BCUT2D eigenvalue weighted by Crippen LogP contribution is 2.25. The number of amides is 1. The van der Waals surface area contributed by atoms with E-state index < -0.39 is 0 Å².